The molecular formula is C20H22Cl5N3S. The van der Waals surface area contributed by atoms with Gasteiger partial charge in [-0.15, -0.1) is 36.6 Å². The molecule has 0 aliphatic heterocycles. The fraction of sp³-hybridized carbons (Fsp3) is 0.250. The third-order valence-corrected chi connectivity index (χ3v) is 6.00. The van der Waals surface area contributed by atoms with E-state index in [-0.39, 0.29) is 30.9 Å². The van der Waals surface area contributed by atoms with E-state index in [1.807, 2.05) is 53.1 Å². The molecule has 1 heterocycles. The van der Waals surface area contributed by atoms with Crippen LogP contribution >= 0.6 is 71.4 Å². The summed E-state index contributed by atoms with van der Waals surface area (Å²) in [7, 11) is 0. The maximum absolute atomic E-state index is 6.43. The van der Waals surface area contributed by atoms with Crippen LogP contribution in [0, 0.1) is 0 Å². The van der Waals surface area contributed by atoms with Gasteiger partial charge < -0.3 is 9.88 Å². The van der Waals surface area contributed by atoms with Gasteiger partial charge in [0.25, 0.3) is 0 Å². The normalized spacial score (nSPS) is 11.4. The van der Waals surface area contributed by atoms with Gasteiger partial charge in [0.05, 0.1) is 12.4 Å². The van der Waals surface area contributed by atoms with E-state index in [2.05, 4.69) is 22.4 Å². The topological polar surface area (TPSA) is 29.9 Å². The number of hydrogen-bond acceptors (Lipinski definition) is 3. The SMILES string of the molecule is Cl.Cl.Clc1ccc(SCCCNC(Cn2ccnc2)c2ccc(Cl)cc2Cl)cc1. The van der Waals surface area contributed by atoms with Crippen LogP contribution in [-0.2, 0) is 6.54 Å². The lowest BCUT2D eigenvalue weighted by Gasteiger charge is -2.21. The van der Waals surface area contributed by atoms with Crippen molar-refractivity contribution >= 4 is 71.4 Å². The van der Waals surface area contributed by atoms with Gasteiger partial charge in [-0.2, -0.15) is 0 Å². The highest BCUT2D eigenvalue weighted by Crippen LogP contribution is 2.27. The Labute approximate surface area is 203 Å². The van der Waals surface area contributed by atoms with Gasteiger partial charge in [-0.25, -0.2) is 4.98 Å². The zero-order valence-electron chi connectivity index (χ0n) is 15.4. The molecule has 0 saturated heterocycles. The van der Waals surface area contributed by atoms with E-state index in [0.29, 0.717) is 10.0 Å². The highest BCUT2D eigenvalue weighted by Gasteiger charge is 2.15. The van der Waals surface area contributed by atoms with E-state index in [0.717, 1.165) is 35.8 Å². The molecule has 1 N–H and O–H groups in total. The van der Waals surface area contributed by atoms with E-state index in [1.54, 1.807) is 12.3 Å². The van der Waals surface area contributed by atoms with E-state index in [1.165, 1.54) is 4.90 Å². The fourth-order valence-electron chi connectivity index (χ4n) is 2.73. The zero-order chi connectivity index (χ0) is 19.1. The highest BCUT2D eigenvalue weighted by molar-refractivity contribution is 7.99. The lowest BCUT2D eigenvalue weighted by Crippen LogP contribution is -2.27. The molecule has 1 atom stereocenters. The predicted molar refractivity (Wildman–Crippen MR) is 131 cm³/mol. The molecule has 158 valence electrons. The number of nitrogens with zero attached hydrogens (tertiary/aromatic N) is 2. The first kappa shape index (κ1) is 26.4. The number of halogens is 5. The smallest absolute Gasteiger partial charge is 0.0946 e. The van der Waals surface area contributed by atoms with Crippen molar-refractivity contribution in [3.05, 3.63) is 81.8 Å². The molecule has 3 rings (SSSR count). The van der Waals surface area contributed by atoms with Crippen LogP contribution in [0.25, 0.3) is 0 Å². The van der Waals surface area contributed by atoms with Crippen LogP contribution in [0.4, 0.5) is 0 Å². The van der Waals surface area contributed by atoms with E-state index in [4.69, 9.17) is 34.8 Å². The van der Waals surface area contributed by atoms with Gasteiger partial charge >= 0.3 is 0 Å². The van der Waals surface area contributed by atoms with Crippen LogP contribution < -0.4 is 5.32 Å². The van der Waals surface area contributed by atoms with Gasteiger partial charge in [0.15, 0.2) is 0 Å². The first-order valence-corrected chi connectivity index (χ1v) is 10.8. The molecule has 1 unspecified atom stereocenters. The Kier molecular flexibility index (Phi) is 12.5. The predicted octanol–water partition coefficient (Wildman–Crippen LogP) is 7.20. The average molecular weight is 514 g/mol. The van der Waals surface area contributed by atoms with Crippen molar-refractivity contribution in [2.24, 2.45) is 0 Å². The largest absolute Gasteiger partial charge is 0.336 e. The molecule has 0 radical (unpaired) electrons. The van der Waals surface area contributed by atoms with Crippen molar-refractivity contribution < 1.29 is 0 Å². The number of benzene rings is 2. The molecule has 0 aliphatic carbocycles. The molecule has 2 aromatic carbocycles. The summed E-state index contributed by atoms with van der Waals surface area (Å²) in [6.45, 7) is 1.64. The molecular weight excluding hydrogens is 492 g/mol. The molecule has 0 fully saturated rings. The molecule has 3 aromatic rings. The van der Waals surface area contributed by atoms with Crippen molar-refractivity contribution in [3.8, 4) is 0 Å². The fourth-order valence-corrected chi connectivity index (χ4v) is 4.25. The van der Waals surface area contributed by atoms with E-state index >= 15 is 0 Å². The quantitative estimate of drug-likeness (QED) is 0.242. The molecule has 0 aliphatic rings. The number of aromatic nitrogens is 2. The summed E-state index contributed by atoms with van der Waals surface area (Å²) in [4.78, 5) is 5.35. The van der Waals surface area contributed by atoms with E-state index in [9.17, 15) is 0 Å². The highest BCUT2D eigenvalue weighted by atomic mass is 35.5. The molecule has 0 spiro atoms. The first-order chi connectivity index (χ1) is 13.1. The number of imidazole rings is 1. The maximum Gasteiger partial charge on any atom is 0.0946 e. The molecule has 1 aromatic heterocycles. The van der Waals surface area contributed by atoms with E-state index < -0.39 is 0 Å². The lowest BCUT2D eigenvalue weighted by atomic mass is 10.1. The maximum atomic E-state index is 6.43. The minimum Gasteiger partial charge on any atom is -0.336 e. The summed E-state index contributed by atoms with van der Waals surface area (Å²) in [5, 5.41) is 5.71. The van der Waals surface area contributed by atoms with Crippen LogP contribution in [0.1, 0.15) is 18.0 Å². The Morgan fingerprint density at radius 3 is 2.38 bits per heavy atom. The summed E-state index contributed by atoms with van der Waals surface area (Å²) < 4.78 is 2.05. The van der Waals surface area contributed by atoms with Gasteiger partial charge in [0.1, 0.15) is 0 Å². The molecule has 3 nitrogen and oxygen atoms in total. The average Bonchev–Trinajstić information content (AvgIpc) is 3.15. The molecule has 0 amide bonds. The van der Waals surface area contributed by atoms with Crippen molar-refractivity contribution in [1.29, 1.82) is 0 Å². The van der Waals surface area contributed by atoms with Crippen LogP contribution in [0.15, 0.2) is 66.1 Å². The zero-order valence-corrected chi connectivity index (χ0v) is 20.1. The summed E-state index contributed by atoms with van der Waals surface area (Å²) in [5.74, 6) is 1.03. The van der Waals surface area contributed by atoms with Gasteiger partial charge in [0.2, 0.25) is 0 Å². The van der Waals surface area contributed by atoms with Gasteiger partial charge in [-0.1, -0.05) is 40.9 Å². The lowest BCUT2D eigenvalue weighted by molar-refractivity contribution is 0.464. The second-order valence-electron chi connectivity index (χ2n) is 6.09. The summed E-state index contributed by atoms with van der Waals surface area (Å²) in [6, 6.07) is 13.7. The van der Waals surface area contributed by atoms with Gasteiger partial charge in [0, 0.05) is 38.9 Å². The Hall–Kier alpha value is -0.590. The number of nitrogens with one attached hydrogen (secondary N) is 1. The van der Waals surface area contributed by atoms with Crippen molar-refractivity contribution in [3.63, 3.8) is 0 Å². The van der Waals surface area contributed by atoms with Crippen LogP contribution in [0.3, 0.4) is 0 Å². The number of hydrogen-bond donors (Lipinski definition) is 1. The number of thioether (sulfide) groups is 1. The van der Waals surface area contributed by atoms with Crippen LogP contribution in [-0.4, -0.2) is 21.8 Å². The van der Waals surface area contributed by atoms with Crippen molar-refractivity contribution in [2.75, 3.05) is 12.3 Å². The first-order valence-electron chi connectivity index (χ1n) is 8.64. The number of rotatable bonds is 9. The van der Waals surface area contributed by atoms with Crippen molar-refractivity contribution in [2.45, 2.75) is 23.9 Å². The Morgan fingerprint density at radius 1 is 1.00 bits per heavy atom. The minimum atomic E-state index is 0. The monoisotopic (exact) mass is 511 g/mol. The second-order valence-corrected chi connectivity index (χ2v) is 8.54. The van der Waals surface area contributed by atoms with Gasteiger partial charge in [-0.05, 0) is 60.7 Å². The third kappa shape index (κ3) is 8.58. The van der Waals surface area contributed by atoms with Crippen LogP contribution in [0.2, 0.25) is 15.1 Å². The molecule has 0 bridgehead atoms. The molecule has 0 saturated carbocycles. The van der Waals surface area contributed by atoms with Crippen molar-refractivity contribution in [1.82, 2.24) is 14.9 Å². The Bertz CT molecular complexity index is 844. The molecule has 29 heavy (non-hydrogen) atoms. The summed E-state index contributed by atoms with van der Waals surface area (Å²) in [6.07, 6.45) is 6.59. The Morgan fingerprint density at radius 2 is 1.72 bits per heavy atom. The third-order valence-electron chi connectivity index (χ3n) is 4.08. The van der Waals surface area contributed by atoms with Crippen LogP contribution in [0.5, 0.6) is 0 Å². The second kappa shape index (κ2) is 13.7. The molecule has 9 heteroatoms. The summed E-state index contributed by atoms with van der Waals surface area (Å²) >= 11 is 20.2. The minimum absolute atomic E-state index is 0. The van der Waals surface area contributed by atoms with Gasteiger partial charge in [-0.3, -0.25) is 0 Å². The standard InChI is InChI=1S/C20H20Cl3N3S.2ClH/c21-15-2-5-17(6-3-15)27-11-1-8-25-20(13-26-10-9-24-14-26)18-7-4-16(22)12-19(18)23;;/h2-7,9-10,12,14,20,25H,1,8,11,13H2;2*1H. The summed E-state index contributed by atoms with van der Waals surface area (Å²) in [5.41, 5.74) is 1.04. The Balaban J connectivity index is 0.00000210.